The summed E-state index contributed by atoms with van der Waals surface area (Å²) in [6.45, 7) is 1.90. The number of phenolic OH excluding ortho intramolecular Hbond substituents is 1. The third-order valence-electron chi connectivity index (χ3n) is 3.10. The number of thiocarbonyl (C=S) groups is 1. The van der Waals surface area contributed by atoms with Crippen molar-refractivity contribution in [1.82, 2.24) is 5.43 Å². The van der Waals surface area contributed by atoms with Crippen molar-refractivity contribution in [3.05, 3.63) is 52.5 Å². The van der Waals surface area contributed by atoms with Gasteiger partial charge in [-0.15, -0.1) is 0 Å². The van der Waals surface area contributed by atoms with Crippen LogP contribution in [0.2, 0.25) is 5.02 Å². The Labute approximate surface area is 144 Å². The molecule has 2 aromatic rings. The van der Waals surface area contributed by atoms with Gasteiger partial charge in [0.1, 0.15) is 0 Å². The average molecular weight is 350 g/mol. The number of anilines is 1. The fourth-order valence-electron chi connectivity index (χ4n) is 1.85. The molecule has 0 aromatic heterocycles. The van der Waals surface area contributed by atoms with E-state index in [0.717, 1.165) is 11.3 Å². The molecule has 2 rings (SSSR count). The number of nitrogens with one attached hydrogen (secondary N) is 2. The molecule has 0 fully saturated rings. The Balaban J connectivity index is 1.96. The van der Waals surface area contributed by atoms with Gasteiger partial charge in [-0.3, -0.25) is 5.43 Å². The van der Waals surface area contributed by atoms with Gasteiger partial charge in [0.05, 0.1) is 13.3 Å². The minimum atomic E-state index is 0.0479. The molecule has 0 radical (unpaired) electrons. The van der Waals surface area contributed by atoms with Gasteiger partial charge < -0.3 is 15.2 Å². The van der Waals surface area contributed by atoms with Gasteiger partial charge in [0.25, 0.3) is 0 Å². The SMILES string of the molecule is COc1ccc(/C=N\NC(=S)Nc2cccc(Cl)c2C)cc1O. The molecule has 0 aliphatic rings. The van der Waals surface area contributed by atoms with Crippen LogP contribution in [-0.4, -0.2) is 23.5 Å². The Hall–Kier alpha value is -2.31. The van der Waals surface area contributed by atoms with Gasteiger partial charge in [-0.25, -0.2) is 0 Å². The van der Waals surface area contributed by atoms with E-state index in [-0.39, 0.29) is 5.75 Å². The summed E-state index contributed by atoms with van der Waals surface area (Å²) in [5.74, 6) is 0.454. The molecule has 0 aliphatic carbocycles. The molecule has 2 aromatic carbocycles. The number of benzene rings is 2. The average Bonchev–Trinajstić information content (AvgIpc) is 2.52. The standard InChI is InChI=1S/C16H16ClN3O2S/c1-10-12(17)4-3-5-13(10)19-16(23)20-18-9-11-6-7-15(22-2)14(21)8-11/h3-9,21H,1-2H3,(H2,19,20,23)/b18-9-. The van der Waals surface area contributed by atoms with Crippen molar-refractivity contribution >= 4 is 40.8 Å². The fourth-order valence-corrected chi connectivity index (χ4v) is 2.18. The largest absolute Gasteiger partial charge is 0.504 e. The van der Waals surface area contributed by atoms with E-state index in [9.17, 15) is 5.11 Å². The summed E-state index contributed by atoms with van der Waals surface area (Å²) in [4.78, 5) is 0. The Morgan fingerprint density at radius 1 is 1.35 bits per heavy atom. The van der Waals surface area contributed by atoms with Gasteiger partial charge in [0, 0.05) is 10.7 Å². The maximum absolute atomic E-state index is 9.69. The first-order valence-electron chi connectivity index (χ1n) is 6.73. The number of phenols is 1. The summed E-state index contributed by atoms with van der Waals surface area (Å²) in [7, 11) is 1.49. The molecular weight excluding hydrogens is 334 g/mol. The summed E-state index contributed by atoms with van der Waals surface area (Å²) in [5.41, 5.74) is 5.13. The van der Waals surface area contributed by atoms with Crippen LogP contribution in [-0.2, 0) is 0 Å². The Morgan fingerprint density at radius 2 is 2.13 bits per heavy atom. The van der Waals surface area contributed by atoms with Crippen LogP contribution in [0.15, 0.2) is 41.5 Å². The van der Waals surface area contributed by atoms with Crippen LogP contribution in [0.1, 0.15) is 11.1 Å². The lowest BCUT2D eigenvalue weighted by Gasteiger charge is -2.10. The minimum absolute atomic E-state index is 0.0479. The molecule has 0 unspecified atom stereocenters. The number of halogens is 1. The predicted molar refractivity (Wildman–Crippen MR) is 97.8 cm³/mol. The van der Waals surface area contributed by atoms with Crippen molar-refractivity contribution in [2.24, 2.45) is 5.10 Å². The summed E-state index contributed by atoms with van der Waals surface area (Å²) >= 11 is 11.2. The number of aromatic hydroxyl groups is 1. The quantitative estimate of drug-likeness (QED) is 0.446. The molecule has 120 valence electrons. The molecule has 5 nitrogen and oxygen atoms in total. The second kappa shape index (κ2) is 7.80. The number of methoxy groups -OCH3 is 1. The van der Waals surface area contributed by atoms with E-state index >= 15 is 0 Å². The zero-order valence-electron chi connectivity index (χ0n) is 12.6. The van der Waals surface area contributed by atoms with Crippen molar-refractivity contribution in [1.29, 1.82) is 0 Å². The van der Waals surface area contributed by atoms with E-state index in [1.165, 1.54) is 13.3 Å². The molecule has 0 bridgehead atoms. The van der Waals surface area contributed by atoms with Crippen LogP contribution in [0, 0.1) is 6.92 Å². The van der Waals surface area contributed by atoms with Crippen molar-refractivity contribution in [2.75, 3.05) is 12.4 Å². The molecule has 0 aliphatic heterocycles. The monoisotopic (exact) mass is 349 g/mol. The maximum atomic E-state index is 9.69. The molecular formula is C16H16ClN3O2S. The number of nitrogens with zero attached hydrogens (tertiary/aromatic N) is 1. The fraction of sp³-hybridized carbons (Fsp3) is 0.125. The third-order valence-corrected chi connectivity index (χ3v) is 3.70. The van der Waals surface area contributed by atoms with E-state index in [0.29, 0.717) is 21.4 Å². The lowest BCUT2D eigenvalue weighted by atomic mass is 10.2. The summed E-state index contributed by atoms with van der Waals surface area (Å²) in [6.07, 6.45) is 1.54. The molecule has 0 heterocycles. The Bertz CT molecular complexity index is 750. The first-order valence-corrected chi connectivity index (χ1v) is 7.52. The molecule has 23 heavy (non-hydrogen) atoms. The van der Waals surface area contributed by atoms with Crippen molar-refractivity contribution in [3.8, 4) is 11.5 Å². The second-order valence-corrected chi connectivity index (χ2v) is 5.48. The molecule has 7 heteroatoms. The van der Waals surface area contributed by atoms with Gasteiger partial charge in [0.2, 0.25) is 0 Å². The summed E-state index contributed by atoms with van der Waals surface area (Å²) < 4.78 is 4.98. The van der Waals surface area contributed by atoms with E-state index < -0.39 is 0 Å². The van der Waals surface area contributed by atoms with Crippen LogP contribution < -0.4 is 15.5 Å². The van der Waals surface area contributed by atoms with Crippen molar-refractivity contribution < 1.29 is 9.84 Å². The number of rotatable bonds is 4. The molecule has 0 saturated carbocycles. The van der Waals surface area contributed by atoms with E-state index in [2.05, 4.69) is 15.8 Å². The normalized spacial score (nSPS) is 10.6. The highest BCUT2D eigenvalue weighted by Crippen LogP contribution is 2.25. The smallest absolute Gasteiger partial charge is 0.191 e. The maximum Gasteiger partial charge on any atom is 0.191 e. The molecule has 0 atom stereocenters. The minimum Gasteiger partial charge on any atom is -0.504 e. The first-order chi connectivity index (χ1) is 11.0. The molecule has 0 saturated heterocycles. The van der Waals surface area contributed by atoms with Crippen LogP contribution in [0.3, 0.4) is 0 Å². The van der Waals surface area contributed by atoms with Gasteiger partial charge in [0.15, 0.2) is 16.6 Å². The number of hydrogen-bond donors (Lipinski definition) is 3. The predicted octanol–water partition coefficient (Wildman–Crippen LogP) is 3.68. The number of hydrazone groups is 1. The lowest BCUT2D eigenvalue weighted by Crippen LogP contribution is -2.24. The molecule has 3 N–H and O–H groups in total. The highest BCUT2D eigenvalue weighted by atomic mass is 35.5. The zero-order valence-corrected chi connectivity index (χ0v) is 14.2. The highest BCUT2D eigenvalue weighted by Gasteiger charge is 2.03. The van der Waals surface area contributed by atoms with Gasteiger partial charge in [-0.1, -0.05) is 17.7 Å². The van der Waals surface area contributed by atoms with E-state index in [1.54, 1.807) is 18.2 Å². The van der Waals surface area contributed by atoms with Gasteiger partial charge in [-0.2, -0.15) is 5.10 Å². The van der Waals surface area contributed by atoms with E-state index in [1.807, 2.05) is 25.1 Å². The number of hydrogen-bond acceptors (Lipinski definition) is 4. The van der Waals surface area contributed by atoms with Crippen LogP contribution in [0.5, 0.6) is 11.5 Å². The third kappa shape index (κ3) is 4.58. The summed E-state index contributed by atoms with van der Waals surface area (Å²) in [6, 6.07) is 10.5. The highest BCUT2D eigenvalue weighted by molar-refractivity contribution is 7.80. The zero-order chi connectivity index (χ0) is 16.8. The lowest BCUT2D eigenvalue weighted by molar-refractivity contribution is 0.373. The summed E-state index contributed by atoms with van der Waals surface area (Å²) in [5, 5.41) is 17.7. The van der Waals surface area contributed by atoms with Crippen LogP contribution in [0.25, 0.3) is 0 Å². The van der Waals surface area contributed by atoms with Crippen molar-refractivity contribution in [2.45, 2.75) is 6.92 Å². The topological polar surface area (TPSA) is 65.9 Å². The Morgan fingerprint density at radius 3 is 2.83 bits per heavy atom. The first kappa shape index (κ1) is 17.1. The van der Waals surface area contributed by atoms with Crippen molar-refractivity contribution in [3.63, 3.8) is 0 Å². The molecule has 0 spiro atoms. The Kier molecular flexibility index (Phi) is 5.78. The van der Waals surface area contributed by atoms with Gasteiger partial charge >= 0.3 is 0 Å². The van der Waals surface area contributed by atoms with Crippen LogP contribution >= 0.6 is 23.8 Å². The van der Waals surface area contributed by atoms with Crippen LogP contribution in [0.4, 0.5) is 5.69 Å². The number of ether oxygens (including phenoxy) is 1. The van der Waals surface area contributed by atoms with Gasteiger partial charge in [-0.05, 0) is 60.6 Å². The second-order valence-electron chi connectivity index (χ2n) is 4.67. The van der Waals surface area contributed by atoms with E-state index in [4.69, 9.17) is 28.6 Å². The molecule has 0 amide bonds.